The van der Waals surface area contributed by atoms with Crippen molar-refractivity contribution in [3.8, 4) is 11.5 Å². The number of rotatable bonds is 7. The minimum absolute atomic E-state index is 0.271. The van der Waals surface area contributed by atoms with E-state index < -0.39 is 12.1 Å². The Morgan fingerprint density at radius 1 is 1.32 bits per heavy atom. The van der Waals surface area contributed by atoms with Crippen LogP contribution in [0.25, 0.3) is 0 Å². The quantitative estimate of drug-likeness (QED) is 0.743. The van der Waals surface area contributed by atoms with Crippen LogP contribution >= 0.6 is 15.9 Å². The molecule has 0 unspecified atom stereocenters. The van der Waals surface area contributed by atoms with Crippen LogP contribution in [0.15, 0.2) is 16.6 Å². The van der Waals surface area contributed by atoms with Gasteiger partial charge in [-0.05, 0) is 48.8 Å². The smallest absolute Gasteiger partial charge is 0.339 e. The first kappa shape index (κ1) is 18.3. The lowest BCUT2D eigenvalue weighted by Crippen LogP contribution is -2.35. The molecule has 0 heterocycles. The van der Waals surface area contributed by atoms with Crippen LogP contribution in [-0.2, 0) is 9.53 Å². The van der Waals surface area contributed by atoms with Crippen molar-refractivity contribution in [3.05, 3.63) is 22.2 Å². The number of ether oxygens (including phenoxy) is 3. The number of benzene rings is 1. The van der Waals surface area contributed by atoms with E-state index in [0.29, 0.717) is 29.1 Å². The van der Waals surface area contributed by atoms with E-state index >= 15 is 0 Å². The maximum atomic E-state index is 12.2. The van der Waals surface area contributed by atoms with Gasteiger partial charge in [0, 0.05) is 6.54 Å². The van der Waals surface area contributed by atoms with Crippen molar-refractivity contribution in [3.63, 3.8) is 0 Å². The van der Waals surface area contributed by atoms with Crippen LogP contribution in [0, 0.1) is 0 Å². The third-order valence-corrected chi connectivity index (χ3v) is 3.34. The van der Waals surface area contributed by atoms with Gasteiger partial charge in [-0.25, -0.2) is 4.79 Å². The summed E-state index contributed by atoms with van der Waals surface area (Å²) in [6, 6.07) is 3.09. The minimum atomic E-state index is -0.871. The molecular formula is C15H20BrNO5. The van der Waals surface area contributed by atoms with Crippen molar-refractivity contribution in [1.82, 2.24) is 5.32 Å². The molecule has 0 aliphatic carbocycles. The molecule has 0 bridgehead atoms. The van der Waals surface area contributed by atoms with Crippen molar-refractivity contribution in [2.75, 3.05) is 20.3 Å². The van der Waals surface area contributed by atoms with Crippen LogP contribution in [0.1, 0.15) is 31.1 Å². The Hall–Kier alpha value is -1.76. The van der Waals surface area contributed by atoms with Crippen LogP contribution in [0.3, 0.4) is 0 Å². The molecule has 0 saturated carbocycles. The summed E-state index contributed by atoms with van der Waals surface area (Å²) in [5.74, 6) is -0.0244. The Labute approximate surface area is 138 Å². The number of amides is 1. The van der Waals surface area contributed by atoms with E-state index in [1.807, 2.05) is 6.92 Å². The number of esters is 1. The summed E-state index contributed by atoms with van der Waals surface area (Å²) in [6.45, 7) is 6.04. The molecule has 0 fully saturated rings. The molecule has 0 aliphatic heterocycles. The first-order chi connectivity index (χ1) is 10.4. The second kappa shape index (κ2) is 8.63. The highest BCUT2D eigenvalue weighted by Gasteiger charge is 2.21. The molecule has 7 heteroatoms. The summed E-state index contributed by atoms with van der Waals surface area (Å²) < 4.78 is 16.4. The highest BCUT2D eigenvalue weighted by Crippen LogP contribution is 2.36. The van der Waals surface area contributed by atoms with Gasteiger partial charge in [0.1, 0.15) is 0 Å². The molecule has 1 aromatic rings. The summed E-state index contributed by atoms with van der Waals surface area (Å²) in [4.78, 5) is 23.8. The van der Waals surface area contributed by atoms with E-state index in [0.717, 1.165) is 0 Å². The van der Waals surface area contributed by atoms with Crippen LogP contribution in [0.5, 0.6) is 11.5 Å². The van der Waals surface area contributed by atoms with Gasteiger partial charge in [0.05, 0.1) is 23.8 Å². The fraction of sp³-hybridized carbons (Fsp3) is 0.467. The van der Waals surface area contributed by atoms with Crippen LogP contribution in [0.2, 0.25) is 0 Å². The molecule has 0 spiro atoms. The summed E-state index contributed by atoms with van der Waals surface area (Å²) >= 11 is 3.32. The van der Waals surface area contributed by atoms with E-state index in [2.05, 4.69) is 21.2 Å². The first-order valence-corrected chi connectivity index (χ1v) is 7.72. The summed E-state index contributed by atoms with van der Waals surface area (Å²) in [7, 11) is 1.51. The topological polar surface area (TPSA) is 73.9 Å². The van der Waals surface area contributed by atoms with Gasteiger partial charge in [-0.3, -0.25) is 4.79 Å². The lowest BCUT2D eigenvalue weighted by atomic mass is 10.2. The zero-order chi connectivity index (χ0) is 16.7. The van der Waals surface area contributed by atoms with E-state index in [4.69, 9.17) is 14.2 Å². The molecule has 1 atom stereocenters. The Morgan fingerprint density at radius 3 is 2.55 bits per heavy atom. The summed E-state index contributed by atoms with van der Waals surface area (Å²) in [6.07, 6.45) is -0.871. The third-order valence-electron chi connectivity index (χ3n) is 2.75. The van der Waals surface area contributed by atoms with Gasteiger partial charge in [-0.1, -0.05) is 0 Å². The number of carbonyl (C=O) groups excluding carboxylic acids is 2. The highest BCUT2D eigenvalue weighted by atomic mass is 79.9. The van der Waals surface area contributed by atoms with E-state index in [-0.39, 0.29) is 11.5 Å². The molecule has 1 N–H and O–H groups in total. The van der Waals surface area contributed by atoms with Crippen molar-refractivity contribution in [2.24, 2.45) is 0 Å². The average Bonchev–Trinajstić information content (AvgIpc) is 2.47. The number of hydrogen-bond acceptors (Lipinski definition) is 5. The lowest BCUT2D eigenvalue weighted by molar-refractivity contribution is -0.128. The predicted molar refractivity (Wildman–Crippen MR) is 85.4 cm³/mol. The standard InChI is InChI=1S/C15H20BrNO5/c1-5-17-14(18)9(3)22-15(19)10-7-11(16)13(20-4)12(8-10)21-6-2/h7-9H,5-6H2,1-4H3,(H,17,18)/t9-/m0/s1. The zero-order valence-corrected chi connectivity index (χ0v) is 14.7. The monoisotopic (exact) mass is 373 g/mol. The van der Waals surface area contributed by atoms with Gasteiger partial charge in [0.15, 0.2) is 17.6 Å². The third kappa shape index (κ3) is 4.62. The largest absolute Gasteiger partial charge is 0.492 e. The van der Waals surface area contributed by atoms with E-state index in [9.17, 15) is 9.59 Å². The van der Waals surface area contributed by atoms with Gasteiger partial charge in [0.25, 0.3) is 5.91 Å². The first-order valence-electron chi connectivity index (χ1n) is 6.93. The SMILES string of the molecule is CCNC(=O)[C@H](C)OC(=O)c1cc(Br)c(OC)c(OCC)c1. The van der Waals surface area contributed by atoms with Gasteiger partial charge in [-0.2, -0.15) is 0 Å². The van der Waals surface area contributed by atoms with Crippen LogP contribution in [0.4, 0.5) is 0 Å². The molecular weight excluding hydrogens is 354 g/mol. The second-order valence-corrected chi connectivity index (χ2v) is 5.22. The van der Waals surface area contributed by atoms with Gasteiger partial charge < -0.3 is 19.5 Å². The molecule has 1 amide bonds. The highest BCUT2D eigenvalue weighted by molar-refractivity contribution is 9.10. The van der Waals surface area contributed by atoms with Crippen molar-refractivity contribution < 1.29 is 23.8 Å². The Balaban J connectivity index is 2.96. The number of likely N-dealkylation sites (N-methyl/N-ethyl adjacent to an activating group) is 1. The van der Waals surface area contributed by atoms with E-state index in [1.165, 1.54) is 20.1 Å². The van der Waals surface area contributed by atoms with Gasteiger partial charge in [-0.15, -0.1) is 0 Å². The van der Waals surface area contributed by atoms with Gasteiger partial charge >= 0.3 is 5.97 Å². The zero-order valence-electron chi connectivity index (χ0n) is 13.1. The molecule has 6 nitrogen and oxygen atoms in total. The molecule has 1 aromatic carbocycles. The fourth-order valence-electron chi connectivity index (χ4n) is 1.75. The summed E-state index contributed by atoms with van der Waals surface area (Å²) in [5.41, 5.74) is 0.271. The number of halogens is 1. The molecule has 0 saturated heterocycles. The second-order valence-electron chi connectivity index (χ2n) is 4.36. The Kier molecular flexibility index (Phi) is 7.17. The Bertz CT molecular complexity index is 547. The summed E-state index contributed by atoms with van der Waals surface area (Å²) in [5, 5.41) is 2.59. The molecule has 122 valence electrons. The van der Waals surface area contributed by atoms with Crippen molar-refractivity contribution in [1.29, 1.82) is 0 Å². The van der Waals surface area contributed by atoms with Crippen molar-refractivity contribution >= 4 is 27.8 Å². The van der Waals surface area contributed by atoms with Crippen molar-refractivity contribution in [2.45, 2.75) is 26.9 Å². The predicted octanol–water partition coefficient (Wildman–Crippen LogP) is 2.54. The normalized spacial score (nSPS) is 11.5. The lowest BCUT2D eigenvalue weighted by Gasteiger charge is -2.15. The van der Waals surface area contributed by atoms with Crippen LogP contribution < -0.4 is 14.8 Å². The molecule has 0 aromatic heterocycles. The number of methoxy groups -OCH3 is 1. The molecule has 0 radical (unpaired) electrons. The number of hydrogen-bond donors (Lipinski definition) is 1. The average molecular weight is 374 g/mol. The number of carbonyl (C=O) groups is 2. The van der Waals surface area contributed by atoms with Gasteiger partial charge in [0.2, 0.25) is 0 Å². The van der Waals surface area contributed by atoms with Crippen LogP contribution in [-0.4, -0.2) is 38.2 Å². The molecule has 22 heavy (non-hydrogen) atoms. The van der Waals surface area contributed by atoms with E-state index in [1.54, 1.807) is 13.0 Å². The number of nitrogens with one attached hydrogen (secondary N) is 1. The minimum Gasteiger partial charge on any atom is -0.492 e. The molecule has 1 rings (SSSR count). The fourth-order valence-corrected chi connectivity index (χ4v) is 2.35. The molecule has 0 aliphatic rings. The maximum absolute atomic E-state index is 12.2. The Morgan fingerprint density at radius 2 is 2.00 bits per heavy atom. The maximum Gasteiger partial charge on any atom is 0.339 e.